The van der Waals surface area contributed by atoms with E-state index < -0.39 is 0 Å². The molecule has 0 aromatic carbocycles. The SMILES string of the molecule is CC(C)C(C)NC(=O)CC(N)=S. The van der Waals surface area contributed by atoms with Crippen LogP contribution in [0.4, 0.5) is 0 Å². The van der Waals surface area contributed by atoms with Crippen LogP contribution < -0.4 is 11.1 Å². The quantitative estimate of drug-likeness (QED) is 0.642. The van der Waals surface area contributed by atoms with E-state index in [1.165, 1.54) is 0 Å². The van der Waals surface area contributed by atoms with Crippen molar-refractivity contribution in [3.8, 4) is 0 Å². The van der Waals surface area contributed by atoms with E-state index >= 15 is 0 Å². The lowest BCUT2D eigenvalue weighted by atomic mass is 10.1. The molecular weight excluding hydrogens is 172 g/mol. The van der Waals surface area contributed by atoms with Crippen LogP contribution >= 0.6 is 12.2 Å². The smallest absolute Gasteiger partial charge is 0.227 e. The molecule has 1 unspecified atom stereocenters. The minimum atomic E-state index is -0.0938. The molecule has 0 rings (SSSR count). The highest BCUT2D eigenvalue weighted by atomic mass is 32.1. The number of carbonyl (C=O) groups is 1. The molecule has 0 aromatic rings. The Morgan fingerprint density at radius 1 is 1.50 bits per heavy atom. The van der Waals surface area contributed by atoms with Crippen LogP contribution in [0.1, 0.15) is 27.2 Å². The molecule has 0 spiro atoms. The van der Waals surface area contributed by atoms with E-state index in [0.717, 1.165) is 0 Å². The van der Waals surface area contributed by atoms with Gasteiger partial charge in [-0.3, -0.25) is 4.79 Å². The summed E-state index contributed by atoms with van der Waals surface area (Å²) < 4.78 is 0. The van der Waals surface area contributed by atoms with Gasteiger partial charge in [0.05, 0.1) is 11.4 Å². The summed E-state index contributed by atoms with van der Waals surface area (Å²) in [5, 5.41) is 2.80. The lowest BCUT2D eigenvalue weighted by molar-refractivity contribution is -0.120. The van der Waals surface area contributed by atoms with Crippen LogP contribution in [-0.2, 0) is 4.79 Å². The van der Waals surface area contributed by atoms with E-state index in [9.17, 15) is 4.79 Å². The molecule has 0 saturated carbocycles. The van der Waals surface area contributed by atoms with Crippen LogP contribution in [0.15, 0.2) is 0 Å². The first kappa shape index (κ1) is 11.4. The third-order valence-corrected chi connectivity index (χ3v) is 1.87. The van der Waals surface area contributed by atoms with Gasteiger partial charge in [-0.1, -0.05) is 26.1 Å². The maximum atomic E-state index is 11.1. The van der Waals surface area contributed by atoms with Crippen LogP contribution in [0, 0.1) is 5.92 Å². The van der Waals surface area contributed by atoms with Gasteiger partial charge in [0, 0.05) is 6.04 Å². The van der Waals surface area contributed by atoms with Gasteiger partial charge in [0.1, 0.15) is 0 Å². The number of carbonyl (C=O) groups excluding carboxylic acids is 1. The van der Waals surface area contributed by atoms with Gasteiger partial charge < -0.3 is 11.1 Å². The van der Waals surface area contributed by atoms with E-state index in [1.807, 2.05) is 20.8 Å². The van der Waals surface area contributed by atoms with Crippen LogP contribution in [-0.4, -0.2) is 16.9 Å². The topological polar surface area (TPSA) is 55.1 Å². The van der Waals surface area contributed by atoms with Gasteiger partial charge in [-0.25, -0.2) is 0 Å². The highest BCUT2D eigenvalue weighted by molar-refractivity contribution is 7.80. The Labute approximate surface area is 78.7 Å². The van der Waals surface area contributed by atoms with Gasteiger partial charge in [0.25, 0.3) is 0 Å². The Balaban J connectivity index is 3.77. The molecule has 0 aliphatic heterocycles. The highest BCUT2D eigenvalue weighted by Gasteiger charge is 2.10. The van der Waals surface area contributed by atoms with Crippen molar-refractivity contribution in [1.82, 2.24) is 5.32 Å². The van der Waals surface area contributed by atoms with Gasteiger partial charge in [-0.05, 0) is 12.8 Å². The predicted molar refractivity (Wildman–Crippen MR) is 53.8 cm³/mol. The fraction of sp³-hybridized carbons (Fsp3) is 0.750. The van der Waals surface area contributed by atoms with Crippen LogP contribution in [0.3, 0.4) is 0 Å². The molecule has 0 saturated heterocycles. The molecule has 0 aromatic heterocycles. The van der Waals surface area contributed by atoms with Crippen LogP contribution in [0.25, 0.3) is 0 Å². The molecule has 3 N–H and O–H groups in total. The number of hydrogen-bond acceptors (Lipinski definition) is 2. The molecule has 12 heavy (non-hydrogen) atoms. The first-order chi connectivity index (χ1) is 5.43. The predicted octanol–water partition coefficient (Wildman–Crippen LogP) is 0.823. The summed E-state index contributed by atoms with van der Waals surface area (Å²) in [7, 11) is 0. The molecule has 0 radical (unpaired) electrons. The Bertz CT molecular complexity index is 180. The van der Waals surface area contributed by atoms with Crippen LogP contribution in [0.5, 0.6) is 0 Å². The Kier molecular flexibility index (Phi) is 4.81. The zero-order valence-corrected chi connectivity index (χ0v) is 8.57. The number of nitrogens with one attached hydrogen (secondary N) is 1. The second kappa shape index (κ2) is 5.09. The van der Waals surface area contributed by atoms with Crippen molar-refractivity contribution in [2.75, 3.05) is 0 Å². The summed E-state index contributed by atoms with van der Waals surface area (Å²) in [6.45, 7) is 6.06. The van der Waals surface area contributed by atoms with E-state index in [1.54, 1.807) is 0 Å². The van der Waals surface area contributed by atoms with Gasteiger partial charge in [-0.15, -0.1) is 0 Å². The number of rotatable bonds is 4. The third-order valence-electron chi connectivity index (χ3n) is 1.72. The minimum Gasteiger partial charge on any atom is -0.393 e. The summed E-state index contributed by atoms with van der Waals surface area (Å²) >= 11 is 4.61. The maximum absolute atomic E-state index is 11.1. The zero-order valence-electron chi connectivity index (χ0n) is 7.76. The van der Waals surface area contributed by atoms with Crippen molar-refractivity contribution < 1.29 is 4.79 Å². The van der Waals surface area contributed by atoms with Crippen molar-refractivity contribution in [2.45, 2.75) is 33.2 Å². The summed E-state index contributed by atoms with van der Waals surface area (Å²) in [5.74, 6) is 0.337. The summed E-state index contributed by atoms with van der Waals surface area (Å²) in [6, 6.07) is 0.173. The third kappa shape index (κ3) is 5.07. The average molecular weight is 188 g/mol. The summed E-state index contributed by atoms with van der Waals surface area (Å²) in [4.78, 5) is 11.3. The first-order valence-corrected chi connectivity index (χ1v) is 4.42. The average Bonchev–Trinajstić information content (AvgIpc) is 1.84. The molecule has 0 heterocycles. The fourth-order valence-corrected chi connectivity index (χ4v) is 0.761. The normalized spacial score (nSPS) is 12.7. The molecule has 4 heteroatoms. The number of amides is 1. The number of hydrogen-bond donors (Lipinski definition) is 2. The van der Waals surface area contributed by atoms with Crippen molar-refractivity contribution in [1.29, 1.82) is 0 Å². The highest BCUT2D eigenvalue weighted by Crippen LogP contribution is 1.99. The molecule has 0 fully saturated rings. The monoisotopic (exact) mass is 188 g/mol. The second-order valence-electron chi connectivity index (χ2n) is 3.24. The molecule has 0 aliphatic carbocycles. The first-order valence-electron chi connectivity index (χ1n) is 4.01. The van der Waals surface area contributed by atoms with Crippen LogP contribution in [0.2, 0.25) is 0 Å². The van der Waals surface area contributed by atoms with Gasteiger partial charge in [0.2, 0.25) is 5.91 Å². The maximum Gasteiger partial charge on any atom is 0.227 e. The molecule has 0 bridgehead atoms. The summed E-state index contributed by atoms with van der Waals surface area (Å²) in [5.41, 5.74) is 5.22. The fourth-order valence-electron chi connectivity index (χ4n) is 0.630. The molecule has 3 nitrogen and oxygen atoms in total. The standard InChI is InChI=1S/C8H16N2OS/c1-5(2)6(3)10-8(11)4-7(9)12/h5-6H,4H2,1-3H3,(H2,9,12)(H,10,11). The van der Waals surface area contributed by atoms with Crippen molar-refractivity contribution in [2.24, 2.45) is 11.7 Å². The Hall–Kier alpha value is -0.640. The summed E-state index contributed by atoms with van der Waals surface area (Å²) in [6.07, 6.45) is 0.145. The van der Waals surface area contributed by atoms with Crippen molar-refractivity contribution in [3.63, 3.8) is 0 Å². The van der Waals surface area contributed by atoms with E-state index in [2.05, 4.69) is 17.5 Å². The lowest BCUT2D eigenvalue weighted by Gasteiger charge is -2.16. The van der Waals surface area contributed by atoms with Gasteiger partial charge in [0.15, 0.2) is 0 Å². The van der Waals surface area contributed by atoms with E-state index in [-0.39, 0.29) is 23.4 Å². The van der Waals surface area contributed by atoms with E-state index in [0.29, 0.717) is 5.92 Å². The Morgan fingerprint density at radius 2 is 2.00 bits per heavy atom. The lowest BCUT2D eigenvalue weighted by Crippen LogP contribution is -2.37. The second-order valence-corrected chi connectivity index (χ2v) is 3.77. The van der Waals surface area contributed by atoms with Gasteiger partial charge >= 0.3 is 0 Å². The molecule has 1 atom stereocenters. The number of thiocarbonyl (C=S) groups is 1. The number of nitrogens with two attached hydrogens (primary N) is 1. The zero-order chi connectivity index (χ0) is 9.72. The van der Waals surface area contributed by atoms with Crippen molar-refractivity contribution in [3.05, 3.63) is 0 Å². The minimum absolute atomic E-state index is 0.0938. The largest absolute Gasteiger partial charge is 0.393 e. The van der Waals surface area contributed by atoms with E-state index in [4.69, 9.17) is 5.73 Å². The molecule has 70 valence electrons. The Morgan fingerprint density at radius 3 is 2.33 bits per heavy atom. The molecular formula is C8H16N2OS. The van der Waals surface area contributed by atoms with Crippen molar-refractivity contribution >= 4 is 23.1 Å². The van der Waals surface area contributed by atoms with Gasteiger partial charge in [-0.2, -0.15) is 0 Å². The molecule has 0 aliphatic rings. The molecule has 1 amide bonds.